The highest BCUT2D eigenvalue weighted by atomic mass is 32.1. The van der Waals surface area contributed by atoms with Crippen LogP contribution in [0.2, 0.25) is 0 Å². The number of nitrogens with one attached hydrogen (secondary N) is 2. The molecule has 10 nitrogen and oxygen atoms in total. The van der Waals surface area contributed by atoms with Gasteiger partial charge in [-0.25, -0.2) is 14.4 Å². The van der Waals surface area contributed by atoms with Crippen LogP contribution >= 0.6 is 11.3 Å². The van der Waals surface area contributed by atoms with E-state index in [9.17, 15) is 24.0 Å². The molecule has 1 aliphatic heterocycles. The second-order valence-corrected chi connectivity index (χ2v) is 8.17. The Morgan fingerprint density at radius 2 is 1.94 bits per heavy atom. The van der Waals surface area contributed by atoms with Crippen LogP contribution in [0.25, 0.3) is 0 Å². The van der Waals surface area contributed by atoms with E-state index in [1.807, 2.05) is 6.92 Å². The van der Waals surface area contributed by atoms with Gasteiger partial charge in [0.15, 0.2) is 6.61 Å². The van der Waals surface area contributed by atoms with Crippen molar-refractivity contribution in [3.63, 3.8) is 0 Å². The number of aryl methyl sites for hydroxylation is 1. The quantitative estimate of drug-likeness (QED) is 0.478. The predicted molar refractivity (Wildman–Crippen MR) is 114 cm³/mol. The highest BCUT2D eigenvalue weighted by Gasteiger charge is 2.28. The van der Waals surface area contributed by atoms with Crippen molar-refractivity contribution >= 4 is 46.1 Å². The summed E-state index contributed by atoms with van der Waals surface area (Å²) in [4.78, 5) is 61.9. The molecule has 0 saturated carbocycles. The van der Waals surface area contributed by atoms with Crippen molar-refractivity contribution in [1.82, 2.24) is 10.2 Å². The molecule has 2 aromatic rings. The molecule has 2 heterocycles. The third kappa shape index (κ3) is 4.94. The van der Waals surface area contributed by atoms with Crippen LogP contribution in [-0.2, 0) is 25.6 Å². The lowest BCUT2D eigenvalue weighted by atomic mass is 10.1. The standard InChI is InChI=1S/C21H21N3O7S/c1-11-12(2)32-18(17(11)20(28)30-3)23-15(25)10-31-19(27)14-6-4-5-13(7-14)9-24-16(26)8-22-21(24)29/h4-7H,8-10H2,1-3H3,(H,22,29)(H,23,25). The molecule has 0 unspecified atom stereocenters. The number of carbonyl (C=O) groups excluding carboxylic acids is 5. The number of thiophene rings is 1. The number of hydrogen-bond donors (Lipinski definition) is 2. The molecule has 1 aliphatic rings. The maximum Gasteiger partial charge on any atom is 0.341 e. The fraction of sp³-hybridized carbons (Fsp3) is 0.286. The first-order valence-corrected chi connectivity index (χ1v) is 10.3. The Hall–Kier alpha value is -3.73. The number of methoxy groups -OCH3 is 1. The fourth-order valence-corrected chi connectivity index (χ4v) is 4.10. The number of imide groups is 1. The maximum absolute atomic E-state index is 12.4. The molecule has 1 aromatic carbocycles. The van der Waals surface area contributed by atoms with Gasteiger partial charge in [0.05, 0.1) is 31.3 Å². The SMILES string of the molecule is COC(=O)c1c(NC(=O)COC(=O)c2cccc(CN3C(=O)CNC3=O)c2)sc(C)c1C. The van der Waals surface area contributed by atoms with E-state index in [-0.39, 0.29) is 30.1 Å². The summed E-state index contributed by atoms with van der Waals surface area (Å²) < 4.78 is 9.83. The number of nitrogens with zero attached hydrogens (tertiary/aromatic N) is 1. The molecular formula is C21H21N3O7S. The Labute approximate surface area is 187 Å². The summed E-state index contributed by atoms with van der Waals surface area (Å²) in [6.45, 7) is 2.96. The van der Waals surface area contributed by atoms with Crippen LogP contribution in [0.5, 0.6) is 0 Å². The smallest absolute Gasteiger partial charge is 0.341 e. The molecule has 0 radical (unpaired) electrons. The minimum atomic E-state index is -0.745. The summed E-state index contributed by atoms with van der Waals surface area (Å²) in [6, 6.07) is 5.74. The molecule has 0 spiro atoms. The van der Waals surface area contributed by atoms with E-state index in [1.165, 1.54) is 30.6 Å². The second kappa shape index (κ2) is 9.60. The molecule has 1 saturated heterocycles. The van der Waals surface area contributed by atoms with Gasteiger partial charge in [-0.2, -0.15) is 0 Å². The number of amides is 4. The Balaban J connectivity index is 1.61. The maximum atomic E-state index is 12.4. The summed E-state index contributed by atoms with van der Waals surface area (Å²) in [5, 5.41) is 5.32. The molecule has 4 amide bonds. The van der Waals surface area contributed by atoms with Gasteiger partial charge < -0.3 is 20.1 Å². The molecule has 0 atom stereocenters. The van der Waals surface area contributed by atoms with E-state index in [1.54, 1.807) is 19.1 Å². The third-order valence-corrected chi connectivity index (χ3v) is 5.93. The molecule has 32 heavy (non-hydrogen) atoms. The first-order valence-electron chi connectivity index (χ1n) is 9.53. The van der Waals surface area contributed by atoms with Gasteiger partial charge in [0.2, 0.25) is 5.91 Å². The van der Waals surface area contributed by atoms with Crippen LogP contribution in [0.15, 0.2) is 24.3 Å². The number of esters is 2. The predicted octanol–water partition coefficient (Wildman–Crippen LogP) is 2.00. The number of benzene rings is 1. The lowest BCUT2D eigenvalue weighted by Crippen LogP contribution is -2.30. The number of rotatable bonds is 7. The average Bonchev–Trinajstić information content (AvgIpc) is 3.23. The number of carbonyl (C=O) groups is 5. The molecule has 1 aromatic heterocycles. The molecule has 0 aliphatic carbocycles. The zero-order chi connectivity index (χ0) is 23.4. The summed E-state index contributed by atoms with van der Waals surface area (Å²) in [5.41, 5.74) is 1.70. The zero-order valence-corrected chi connectivity index (χ0v) is 18.5. The van der Waals surface area contributed by atoms with Crippen molar-refractivity contribution in [3.8, 4) is 0 Å². The van der Waals surface area contributed by atoms with E-state index in [4.69, 9.17) is 9.47 Å². The van der Waals surface area contributed by atoms with Crippen molar-refractivity contribution in [2.24, 2.45) is 0 Å². The highest BCUT2D eigenvalue weighted by Crippen LogP contribution is 2.32. The van der Waals surface area contributed by atoms with Gasteiger partial charge in [-0.3, -0.25) is 14.5 Å². The lowest BCUT2D eigenvalue weighted by molar-refractivity contribution is -0.125. The molecule has 1 fully saturated rings. The van der Waals surface area contributed by atoms with Crippen LogP contribution in [0.3, 0.4) is 0 Å². The lowest BCUT2D eigenvalue weighted by Gasteiger charge is -2.13. The van der Waals surface area contributed by atoms with Crippen LogP contribution in [0.1, 0.15) is 36.7 Å². The van der Waals surface area contributed by atoms with E-state index in [2.05, 4.69) is 10.6 Å². The zero-order valence-electron chi connectivity index (χ0n) is 17.6. The first-order chi connectivity index (χ1) is 15.2. The molecule has 3 rings (SSSR count). The molecule has 168 valence electrons. The Kier molecular flexibility index (Phi) is 6.89. The average molecular weight is 459 g/mol. The Morgan fingerprint density at radius 1 is 1.19 bits per heavy atom. The van der Waals surface area contributed by atoms with Crippen molar-refractivity contribution < 1.29 is 33.4 Å². The minimum Gasteiger partial charge on any atom is -0.465 e. The summed E-state index contributed by atoms with van der Waals surface area (Å²) in [5.74, 6) is -2.28. The second-order valence-electron chi connectivity index (χ2n) is 6.94. The van der Waals surface area contributed by atoms with Crippen molar-refractivity contribution in [2.75, 3.05) is 25.6 Å². The van der Waals surface area contributed by atoms with Crippen LogP contribution in [0, 0.1) is 13.8 Å². The van der Waals surface area contributed by atoms with Gasteiger partial charge >= 0.3 is 18.0 Å². The topological polar surface area (TPSA) is 131 Å². The fourth-order valence-electron chi connectivity index (χ4n) is 3.03. The number of ether oxygens (including phenoxy) is 2. The molecular weight excluding hydrogens is 438 g/mol. The third-order valence-electron chi connectivity index (χ3n) is 4.80. The molecule has 2 N–H and O–H groups in total. The number of urea groups is 1. The van der Waals surface area contributed by atoms with Gasteiger partial charge in [-0.05, 0) is 37.1 Å². The Morgan fingerprint density at radius 3 is 2.59 bits per heavy atom. The largest absolute Gasteiger partial charge is 0.465 e. The Bertz CT molecular complexity index is 1090. The monoisotopic (exact) mass is 459 g/mol. The van der Waals surface area contributed by atoms with Gasteiger partial charge in [0, 0.05) is 4.88 Å². The normalized spacial score (nSPS) is 13.0. The molecule has 0 bridgehead atoms. The van der Waals surface area contributed by atoms with E-state index >= 15 is 0 Å². The summed E-state index contributed by atoms with van der Waals surface area (Å²) >= 11 is 1.22. The van der Waals surface area contributed by atoms with Crippen molar-refractivity contribution in [3.05, 3.63) is 51.4 Å². The van der Waals surface area contributed by atoms with E-state index < -0.39 is 30.5 Å². The van der Waals surface area contributed by atoms with Crippen molar-refractivity contribution in [2.45, 2.75) is 20.4 Å². The van der Waals surface area contributed by atoms with E-state index in [0.29, 0.717) is 16.1 Å². The van der Waals surface area contributed by atoms with Gasteiger partial charge in [-0.1, -0.05) is 12.1 Å². The van der Waals surface area contributed by atoms with Gasteiger partial charge in [0.25, 0.3) is 5.91 Å². The van der Waals surface area contributed by atoms with Crippen LogP contribution in [-0.4, -0.2) is 54.9 Å². The molecule has 11 heteroatoms. The summed E-state index contributed by atoms with van der Waals surface area (Å²) in [6.07, 6.45) is 0. The number of hydrogen-bond acceptors (Lipinski definition) is 8. The van der Waals surface area contributed by atoms with Gasteiger partial charge in [0.1, 0.15) is 5.00 Å². The number of anilines is 1. The van der Waals surface area contributed by atoms with Gasteiger partial charge in [-0.15, -0.1) is 11.3 Å². The van der Waals surface area contributed by atoms with Crippen LogP contribution < -0.4 is 10.6 Å². The van der Waals surface area contributed by atoms with E-state index in [0.717, 1.165) is 9.78 Å². The highest BCUT2D eigenvalue weighted by molar-refractivity contribution is 7.16. The van der Waals surface area contributed by atoms with Crippen LogP contribution in [0.4, 0.5) is 9.80 Å². The summed E-state index contributed by atoms with van der Waals surface area (Å²) in [7, 11) is 1.25. The first kappa shape index (κ1) is 22.9. The minimum absolute atomic E-state index is 0.0135. The van der Waals surface area contributed by atoms with Crippen molar-refractivity contribution in [1.29, 1.82) is 0 Å².